The Bertz CT molecular complexity index is 840. The Hall–Kier alpha value is -1.74. The van der Waals surface area contributed by atoms with Crippen LogP contribution >= 0.6 is 45.2 Å². The van der Waals surface area contributed by atoms with E-state index in [4.69, 9.17) is 10.00 Å². The summed E-state index contributed by atoms with van der Waals surface area (Å²) < 4.78 is 20.8. The zero-order valence-corrected chi connectivity index (χ0v) is 16.6. The van der Waals surface area contributed by atoms with Gasteiger partial charge in [0.05, 0.1) is 37.7 Å². The number of amides is 1. The fourth-order valence-corrected chi connectivity index (χ4v) is 4.10. The number of hydrazone groups is 1. The highest BCUT2D eigenvalue weighted by Gasteiger charge is 2.11. The summed E-state index contributed by atoms with van der Waals surface area (Å²) >= 11 is 4.28. The number of nitrogens with zero attached hydrogens (tertiary/aromatic N) is 2. The Morgan fingerprint density at radius 3 is 2.54 bits per heavy atom. The number of ether oxygens (including phenoxy) is 1. The highest BCUT2D eigenvalue weighted by atomic mass is 127. The van der Waals surface area contributed by atoms with Crippen molar-refractivity contribution in [2.24, 2.45) is 5.10 Å². The van der Waals surface area contributed by atoms with E-state index < -0.39 is 11.7 Å². The molecule has 8 heteroatoms. The zero-order valence-electron chi connectivity index (χ0n) is 12.3. The molecule has 122 valence electrons. The number of benzene rings is 2. The molecule has 0 heterocycles. The summed E-state index contributed by atoms with van der Waals surface area (Å²) in [5.74, 6) is -0.682. The molecule has 0 bridgehead atoms. The SMILES string of the molecule is COc1c(I)cc(/C=N\NC(=O)c2ccc(C#N)cc2F)cc1I. The second-order valence-corrected chi connectivity index (χ2v) is 6.85. The molecular weight excluding hydrogens is 539 g/mol. The van der Waals surface area contributed by atoms with Gasteiger partial charge in [0, 0.05) is 0 Å². The lowest BCUT2D eigenvalue weighted by atomic mass is 10.1. The monoisotopic (exact) mass is 549 g/mol. The van der Waals surface area contributed by atoms with E-state index in [1.165, 1.54) is 18.3 Å². The van der Waals surface area contributed by atoms with Crippen molar-refractivity contribution < 1.29 is 13.9 Å². The fraction of sp³-hybridized carbons (Fsp3) is 0.0625. The number of nitriles is 1. The van der Waals surface area contributed by atoms with Crippen LogP contribution in [-0.4, -0.2) is 19.2 Å². The molecule has 0 aromatic heterocycles. The van der Waals surface area contributed by atoms with Crippen LogP contribution in [0.3, 0.4) is 0 Å². The van der Waals surface area contributed by atoms with Gasteiger partial charge < -0.3 is 4.74 Å². The van der Waals surface area contributed by atoms with Crippen LogP contribution in [0.1, 0.15) is 21.5 Å². The molecule has 2 aromatic carbocycles. The molecule has 0 atom stereocenters. The van der Waals surface area contributed by atoms with Gasteiger partial charge in [0.1, 0.15) is 11.6 Å². The van der Waals surface area contributed by atoms with Gasteiger partial charge in [-0.05, 0) is 81.1 Å². The minimum Gasteiger partial charge on any atom is -0.495 e. The molecule has 2 rings (SSSR count). The summed E-state index contributed by atoms with van der Waals surface area (Å²) in [7, 11) is 1.60. The normalized spacial score (nSPS) is 10.5. The van der Waals surface area contributed by atoms with Gasteiger partial charge >= 0.3 is 0 Å². The van der Waals surface area contributed by atoms with E-state index in [1.54, 1.807) is 13.2 Å². The van der Waals surface area contributed by atoms with E-state index in [1.807, 2.05) is 12.1 Å². The van der Waals surface area contributed by atoms with Crippen LogP contribution in [0.5, 0.6) is 5.75 Å². The highest BCUT2D eigenvalue weighted by molar-refractivity contribution is 14.1. The van der Waals surface area contributed by atoms with Crippen LogP contribution in [-0.2, 0) is 0 Å². The number of methoxy groups -OCH3 is 1. The van der Waals surface area contributed by atoms with Gasteiger partial charge in [-0.3, -0.25) is 4.79 Å². The number of carbonyl (C=O) groups is 1. The van der Waals surface area contributed by atoms with Crippen molar-refractivity contribution >= 4 is 57.3 Å². The van der Waals surface area contributed by atoms with Crippen molar-refractivity contribution in [3.63, 3.8) is 0 Å². The van der Waals surface area contributed by atoms with Gasteiger partial charge in [-0.2, -0.15) is 10.4 Å². The van der Waals surface area contributed by atoms with E-state index >= 15 is 0 Å². The Morgan fingerprint density at radius 1 is 1.33 bits per heavy atom. The minimum absolute atomic E-state index is 0.148. The molecule has 24 heavy (non-hydrogen) atoms. The molecule has 0 radical (unpaired) electrons. The Balaban J connectivity index is 2.12. The van der Waals surface area contributed by atoms with E-state index in [2.05, 4.69) is 55.7 Å². The molecular formula is C16H10FI2N3O2. The molecule has 1 N–H and O–H groups in total. The molecule has 0 aliphatic heterocycles. The van der Waals surface area contributed by atoms with Gasteiger partial charge in [0.2, 0.25) is 0 Å². The van der Waals surface area contributed by atoms with Crippen molar-refractivity contribution in [1.82, 2.24) is 5.43 Å². The first-order valence-corrected chi connectivity index (χ1v) is 8.68. The van der Waals surface area contributed by atoms with Gasteiger partial charge in [0.25, 0.3) is 5.91 Å². The van der Waals surface area contributed by atoms with Gasteiger partial charge in [0.15, 0.2) is 0 Å². The first-order chi connectivity index (χ1) is 11.5. The van der Waals surface area contributed by atoms with Crippen LogP contribution in [0.25, 0.3) is 0 Å². The lowest BCUT2D eigenvalue weighted by Gasteiger charge is -2.07. The summed E-state index contributed by atoms with van der Waals surface area (Å²) in [6.45, 7) is 0. The molecule has 0 saturated carbocycles. The summed E-state index contributed by atoms with van der Waals surface area (Å²) in [5.41, 5.74) is 3.01. The van der Waals surface area contributed by atoms with Crippen LogP contribution in [0.15, 0.2) is 35.4 Å². The van der Waals surface area contributed by atoms with Crippen molar-refractivity contribution in [3.8, 4) is 11.8 Å². The molecule has 0 spiro atoms. The van der Waals surface area contributed by atoms with Crippen LogP contribution in [0, 0.1) is 24.3 Å². The summed E-state index contributed by atoms with van der Waals surface area (Å²) in [5, 5.41) is 12.5. The van der Waals surface area contributed by atoms with Crippen LogP contribution in [0.4, 0.5) is 4.39 Å². The number of hydrogen-bond acceptors (Lipinski definition) is 4. The number of hydrogen-bond donors (Lipinski definition) is 1. The minimum atomic E-state index is -0.768. The predicted molar refractivity (Wildman–Crippen MR) is 105 cm³/mol. The van der Waals surface area contributed by atoms with Crippen molar-refractivity contribution in [1.29, 1.82) is 5.26 Å². The largest absolute Gasteiger partial charge is 0.495 e. The number of rotatable bonds is 4. The standard InChI is InChI=1S/C16H10FI2N3O2/c1-24-15-13(18)5-10(6-14(15)19)8-21-22-16(23)11-3-2-9(7-20)4-12(11)17/h2-6,8H,1H3,(H,22,23)/b21-8-. The molecule has 0 aliphatic carbocycles. The number of halogens is 3. The first-order valence-electron chi connectivity index (χ1n) is 6.52. The molecule has 0 aliphatic rings. The average Bonchev–Trinajstić information content (AvgIpc) is 2.54. The molecule has 5 nitrogen and oxygen atoms in total. The van der Waals surface area contributed by atoms with Crippen LogP contribution in [0.2, 0.25) is 0 Å². The lowest BCUT2D eigenvalue weighted by Crippen LogP contribution is -2.19. The lowest BCUT2D eigenvalue weighted by molar-refractivity contribution is 0.0951. The first kappa shape index (κ1) is 18.6. The molecule has 2 aromatic rings. The van der Waals surface area contributed by atoms with Gasteiger partial charge in [-0.15, -0.1) is 0 Å². The Morgan fingerprint density at radius 2 is 2.00 bits per heavy atom. The predicted octanol–water partition coefficient (Wildman–Crippen LogP) is 3.68. The molecule has 0 saturated heterocycles. The van der Waals surface area contributed by atoms with E-state index in [9.17, 15) is 9.18 Å². The molecule has 0 unspecified atom stereocenters. The number of nitrogens with one attached hydrogen (secondary N) is 1. The number of carbonyl (C=O) groups excluding carboxylic acids is 1. The highest BCUT2D eigenvalue weighted by Crippen LogP contribution is 2.27. The van der Waals surface area contributed by atoms with Crippen molar-refractivity contribution in [2.45, 2.75) is 0 Å². The maximum absolute atomic E-state index is 13.7. The topological polar surface area (TPSA) is 74.5 Å². The van der Waals surface area contributed by atoms with Gasteiger partial charge in [-0.25, -0.2) is 9.82 Å². The average molecular weight is 549 g/mol. The third kappa shape index (κ3) is 4.41. The third-order valence-electron chi connectivity index (χ3n) is 2.95. The third-order valence-corrected chi connectivity index (χ3v) is 4.55. The summed E-state index contributed by atoms with van der Waals surface area (Å²) in [6.07, 6.45) is 1.46. The summed E-state index contributed by atoms with van der Waals surface area (Å²) in [6, 6.07) is 9.12. The fourth-order valence-electron chi connectivity index (χ4n) is 1.84. The maximum Gasteiger partial charge on any atom is 0.274 e. The quantitative estimate of drug-likeness (QED) is 0.360. The van der Waals surface area contributed by atoms with Crippen molar-refractivity contribution in [2.75, 3.05) is 7.11 Å². The second-order valence-electron chi connectivity index (χ2n) is 4.52. The summed E-state index contributed by atoms with van der Waals surface area (Å²) in [4.78, 5) is 11.9. The van der Waals surface area contributed by atoms with Crippen molar-refractivity contribution in [3.05, 3.63) is 60.0 Å². The van der Waals surface area contributed by atoms with Gasteiger partial charge in [-0.1, -0.05) is 0 Å². The van der Waals surface area contributed by atoms with E-state index in [0.29, 0.717) is 0 Å². The molecule has 1 amide bonds. The Labute approximate surface area is 165 Å². The Kier molecular flexibility index (Phi) is 6.50. The molecule has 0 fully saturated rings. The maximum atomic E-state index is 13.7. The van der Waals surface area contributed by atoms with E-state index in [0.717, 1.165) is 24.5 Å². The smallest absolute Gasteiger partial charge is 0.274 e. The van der Waals surface area contributed by atoms with Crippen LogP contribution < -0.4 is 10.2 Å². The van der Waals surface area contributed by atoms with E-state index in [-0.39, 0.29) is 11.1 Å². The zero-order chi connectivity index (χ0) is 17.7. The second kappa shape index (κ2) is 8.39.